The number of nitrogens with one attached hydrogen (secondary N) is 1. The average Bonchev–Trinajstić information content (AvgIpc) is 2.33. The highest BCUT2D eigenvalue weighted by Crippen LogP contribution is 2.32. The van der Waals surface area contributed by atoms with Crippen LogP contribution < -0.4 is 5.32 Å². The van der Waals surface area contributed by atoms with Crippen LogP contribution in [0.25, 0.3) is 0 Å². The molecule has 0 aromatic heterocycles. The molecule has 3 heteroatoms. The maximum absolute atomic E-state index is 6.06. The standard InChI is InChI=1S/C15H23ClN2/c1-11(2)15(18-8-6-17-7-9-18)14-5-4-13(16)10-12(14)3/h4-5,10-11,15,17H,6-9H2,1-3H3. The number of aryl methyl sites for hydroxylation is 1. The van der Waals surface area contributed by atoms with Crippen LogP contribution in [-0.4, -0.2) is 31.1 Å². The third-order valence-corrected chi connectivity index (χ3v) is 3.96. The Morgan fingerprint density at radius 2 is 1.89 bits per heavy atom. The summed E-state index contributed by atoms with van der Waals surface area (Å²) in [5, 5.41) is 4.25. The molecule has 0 amide bonds. The number of nitrogens with zero attached hydrogens (tertiary/aromatic N) is 1. The first kappa shape index (κ1) is 13.9. The van der Waals surface area contributed by atoms with Gasteiger partial charge in [-0.1, -0.05) is 31.5 Å². The Labute approximate surface area is 115 Å². The molecule has 2 nitrogen and oxygen atoms in total. The number of piperazine rings is 1. The van der Waals surface area contributed by atoms with E-state index in [1.807, 2.05) is 6.07 Å². The van der Waals surface area contributed by atoms with Crippen molar-refractivity contribution in [3.63, 3.8) is 0 Å². The molecule has 1 aromatic carbocycles. The summed E-state index contributed by atoms with van der Waals surface area (Å²) >= 11 is 6.06. The van der Waals surface area contributed by atoms with Crippen LogP contribution >= 0.6 is 11.6 Å². The Kier molecular flexibility index (Phi) is 4.66. The summed E-state index contributed by atoms with van der Waals surface area (Å²) in [6.45, 7) is 11.2. The first-order chi connectivity index (χ1) is 8.59. The summed E-state index contributed by atoms with van der Waals surface area (Å²) in [7, 11) is 0. The summed E-state index contributed by atoms with van der Waals surface area (Å²) in [5.41, 5.74) is 2.73. The molecule has 1 aliphatic heterocycles. The first-order valence-electron chi connectivity index (χ1n) is 6.80. The fourth-order valence-corrected chi connectivity index (χ4v) is 3.14. The second kappa shape index (κ2) is 6.05. The Morgan fingerprint density at radius 1 is 1.22 bits per heavy atom. The van der Waals surface area contributed by atoms with Gasteiger partial charge in [0, 0.05) is 37.2 Å². The number of rotatable bonds is 3. The zero-order chi connectivity index (χ0) is 13.1. The molecule has 1 unspecified atom stereocenters. The fourth-order valence-electron chi connectivity index (χ4n) is 2.91. The summed E-state index contributed by atoms with van der Waals surface area (Å²) in [6.07, 6.45) is 0. The SMILES string of the molecule is Cc1cc(Cl)ccc1C(C(C)C)N1CCNCC1. The minimum Gasteiger partial charge on any atom is -0.314 e. The highest BCUT2D eigenvalue weighted by Gasteiger charge is 2.25. The Bertz CT molecular complexity index is 397. The van der Waals surface area contributed by atoms with Gasteiger partial charge >= 0.3 is 0 Å². The van der Waals surface area contributed by atoms with Gasteiger partial charge in [-0.05, 0) is 36.1 Å². The third kappa shape index (κ3) is 3.05. The Balaban J connectivity index is 2.28. The lowest BCUT2D eigenvalue weighted by molar-refractivity contribution is 0.136. The van der Waals surface area contributed by atoms with Gasteiger partial charge in [0.25, 0.3) is 0 Å². The van der Waals surface area contributed by atoms with Crippen molar-refractivity contribution in [3.8, 4) is 0 Å². The molecule has 0 bridgehead atoms. The normalized spacial score (nSPS) is 19.2. The van der Waals surface area contributed by atoms with Crippen LogP contribution in [0.2, 0.25) is 5.02 Å². The average molecular weight is 267 g/mol. The molecule has 1 N–H and O–H groups in total. The zero-order valence-electron chi connectivity index (χ0n) is 11.5. The molecule has 0 radical (unpaired) electrons. The maximum Gasteiger partial charge on any atom is 0.0408 e. The molecular formula is C15H23ClN2. The summed E-state index contributed by atoms with van der Waals surface area (Å²) in [6, 6.07) is 6.80. The van der Waals surface area contributed by atoms with Gasteiger partial charge in [-0.25, -0.2) is 0 Å². The summed E-state index contributed by atoms with van der Waals surface area (Å²) in [5.74, 6) is 0.614. The van der Waals surface area contributed by atoms with E-state index in [9.17, 15) is 0 Å². The predicted octanol–water partition coefficient (Wildman–Crippen LogP) is 3.25. The van der Waals surface area contributed by atoms with Crippen LogP contribution in [0.4, 0.5) is 0 Å². The summed E-state index contributed by atoms with van der Waals surface area (Å²) < 4.78 is 0. The van der Waals surface area contributed by atoms with E-state index in [4.69, 9.17) is 11.6 Å². The van der Waals surface area contributed by atoms with Crippen LogP contribution in [0.5, 0.6) is 0 Å². The quantitative estimate of drug-likeness (QED) is 0.904. The largest absolute Gasteiger partial charge is 0.314 e. The zero-order valence-corrected chi connectivity index (χ0v) is 12.3. The van der Waals surface area contributed by atoms with Gasteiger partial charge in [-0.3, -0.25) is 4.90 Å². The van der Waals surface area contributed by atoms with Crippen LogP contribution in [0.3, 0.4) is 0 Å². The third-order valence-electron chi connectivity index (χ3n) is 3.73. The lowest BCUT2D eigenvalue weighted by atomic mass is 9.91. The van der Waals surface area contributed by atoms with Gasteiger partial charge in [0.2, 0.25) is 0 Å². The molecule has 0 saturated carbocycles. The van der Waals surface area contributed by atoms with E-state index in [2.05, 4.69) is 43.1 Å². The fraction of sp³-hybridized carbons (Fsp3) is 0.600. The van der Waals surface area contributed by atoms with E-state index in [0.29, 0.717) is 12.0 Å². The smallest absolute Gasteiger partial charge is 0.0408 e. The lowest BCUT2D eigenvalue weighted by Crippen LogP contribution is -2.46. The number of benzene rings is 1. The molecule has 1 heterocycles. The first-order valence-corrected chi connectivity index (χ1v) is 7.18. The second-order valence-electron chi connectivity index (χ2n) is 5.48. The van der Waals surface area contributed by atoms with Gasteiger partial charge in [0.15, 0.2) is 0 Å². The highest BCUT2D eigenvalue weighted by molar-refractivity contribution is 6.30. The topological polar surface area (TPSA) is 15.3 Å². The predicted molar refractivity (Wildman–Crippen MR) is 78.2 cm³/mol. The molecule has 1 aromatic rings. The molecule has 18 heavy (non-hydrogen) atoms. The molecular weight excluding hydrogens is 244 g/mol. The number of hydrogen-bond acceptors (Lipinski definition) is 2. The van der Waals surface area contributed by atoms with Crippen molar-refractivity contribution in [2.75, 3.05) is 26.2 Å². The van der Waals surface area contributed by atoms with Crippen molar-refractivity contribution >= 4 is 11.6 Å². The molecule has 1 atom stereocenters. The van der Waals surface area contributed by atoms with Crippen LogP contribution in [0.15, 0.2) is 18.2 Å². The van der Waals surface area contributed by atoms with Crippen LogP contribution in [0.1, 0.15) is 31.0 Å². The van der Waals surface area contributed by atoms with E-state index in [1.54, 1.807) is 0 Å². The van der Waals surface area contributed by atoms with Crippen molar-refractivity contribution in [1.29, 1.82) is 0 Å². The Hall–Kier alpha value is -0.570. The van der Waals surface area contributed by atoms with Gasteiger partial charge in [-0.2, -0.15) is 0 Å². The van der Waals surface area contributed by atoms with Crippen molar-refractivity contribution in [2.45, 2.75) is 26.8 Å². The van der Waals surface area contributed by atoms with E-state index >= 15 is 0 Å². The monoisotopic (exact) mass is 266 g/mol. The summed E-state index contributed by atoms with van der Waals surface area (Å²) in [4.78, 5) is 2.59. The van der Waals surface area contributed by atoms with Crippen molar-refractivity contribution in [3.05, 3.63) is 34.3 Å². The second-order valence-corrected chi connectivity index (χ2v) is 5.91. The van der Waals surface area contributed by atoms with Gasteiger partial charge in [-0.15, -0.1) is 0 Å². The Morgan fingerprint density at radius 3 is 2.44 bits per heavy atom. The van der Waals surface area contributed by atoms with Crippen LogP contribution in [-0.2, 0) is 0 Å². The van der Waals surface area contributed by atoms with Crippen molar-refractivity contribution < 1.29 is 0 Å². The number of hydrogen-bond donors (Lipinski definition) is 1. The van der Waals surface area contributed by atoms with Crippen molar-refractivity contribution in [2.24, 2.45) is 5.92 Å². The van der Waals surface area contributed by atoms with Gasteiger partial charge < -0.3 is 5.32 Å². The molecule has 1 saturated heterocycles. The van der Waals surface area contributed by atoms with E-state index in [-0.39, 0.29) is 0 Å². The van der Waals surface area contributed by atoms with E-state index in [1.165, 1.54) is 11.1 Å². The minimum atomic E-state index is 0.504. The molecule has 100 valence electrons. The molecule has 1 aliphatic rings. The molecule has 0 aliphatic carbocycles. The highest BCUT2D eigenvalue weighted by atomic mass is 35.5. The molecule has 1 fully saturated rings. The number of halogens is 1. The molecule has 0 spiro atoms. The van der Waals surface area contributed by atoms with Crippen molar-refractivity contribution in [1.82, 2.24) is 10.2 Å². The van der Waals surface area contributed by atoms with Gasteiger partial charge in [0.05, 0.1) is 0 Å². The minimum absolute atomic E-state index is 0.504. The lowest BCUT2D eigenvalue weighted by Gasteiger charge is -2.38. The van der Waals surface area contributed by atoms with E-state index in [0.717, 1.165) is 31.2 Å². The van der Waals surface area contributed by atoms with Gasteiger partial charge in [0.1, 0.15) is 0 Å². The maximum atomic E-state index is 6.06. The van der Waals surface area contributed by atoms with Crippen LogP contribution in [0, 0.1) is 12.8 Å². The van der Waals surface area contributed by atoms with E-state index < -0.39 is 0 Å². The molecule has 2 rings (SSSR count).